The Hall–Kier alpha value is -2.96. The molecule has 6 nitrogen and oxygen atoms in total. The standard InChI is InChI=1S/C22H27FN4O2/c1-21(2,3)29-20(28)27-18(13-22(4,5)23)19-25-16-7-6-15(12-17(16)26-19)14-8-10-24-11-9-14/h6-12,18H,13H2,1-5H3,(H,25,26)(H,27,28). The number of benzene rings is 1. The third-order valence-electron chi connectivity index (χ3n) is 4.22. The topological polar surface area (TPSA) is 79.9 Å². The number of rotatable bonds is 5. The Kier molecular flexibility index (Phi) is 5.59. The first-order valence-corrected chi connectivity index (χ1v) is 9.59. The van der Waals surface area contributed by atoms with Crippen molar-refractivity contribution in [1.82, 2.24) is 20.3 Å². The Morgan fingerprint density at radius 2 is 1.83 bits per heavy atom. The van der Waals surface area contributed by atoms with Crippen molar-refractivity contribution >= 4 is 17.1 Å². The average molecular weight is 398 g/mol. The van der Waals surface area contributed by atoms with Gasteiger partial charge in [-0.2, -0.15) is 0 Å². The smallest absolute Gasteiger partial charge is 0.408 e. The molecule has 0 saturated carbocycles. The minimum absolute atomic E-state index is 0.0588. The number of alkyl carbamates (subject to hydrolysis) is 1. The van der Waals surface area contributed by atoms with Gasteiger partial charge >= 0.3 is 6.09 Å². The van der Waals surface area contributed by atoms with E-state index >= 15 is 0 Å². The number of aromatic amines is 1. The van der Waals surface area contributed by atoms with Crippen LogP contribution in [-0.2, 0) is 4.74 Å². The summed E-state index contributed by atoms with van der Waals surface area (Å²) in [5.41, 5.74) is 1.45. The molecule has 0 radical (unpaired) electrons. The van der Waals surface area contributed by atoms with Gasteiger partial charge in [0, 0.05) is 18.8 Å². The van der Waals surface area contributed by atoms with E-state index < -0.39 is 23.4 Å². The maximum atomic E-state index is 14.4. The third kappa shape index (κ3) is 5.76. The Morgan fingerprint density at radius 3 is 2.45 bits per heavy atom. The van der Waals surface area contributed by atoms with Crippen molar-refractivity contribution in [1.29, 1.82) is 0 Å². The summed E-state index contributed by atoms with van der Waals surface area (Å²) >= 11 is 0. The maximum absolute atomic E-state index is 14.4. The fraction of sp³-hybridized carbons (Fsp3) is 0.409. The molecule has 0 fully saturated rings. The third-order valence-corrected chi connectivity index (χ3v) is 4.22. The normalized spacial score (nSPS) is 13.3. The zero-order chi connectivity index (χ0) is 21.2. The van der Waals surface area contributed by atoms with E-state index in [9.17, 15) is 9.18 Å². The van der Waals surface area contributed by atoms with Crippen molar-refractivity contribution in [3.8, 4) is 11.1 Å². The number of nitrogens with one attached hydrogen (secondary N) is 2. The predicted molar refractivity (Wildman–Crippen MR) is 111 cm³/mol. The molecule has 0 saturated heterocycles. The molecule has 0 aliphatic rings. The molecule has 0 spiro atoms. The number of alkyl halides is 1. The van der Waals surface area contributed by atoms with E-state index in [2.05, 4.69) is 20.3 Å². The summed E-state index contributed by atoms with van der Waals surface area (Å²) in [6.07, 6.45) is 2.93. The van der Waals surface area contributed by atoms with E-state index in [-0.39, 0.29) is 6.42 Å². The van der Waals surface area contributed by atoms with Gasteiger partial charge in [0.25, 0.3) is 0 Å². The zero-order valence-corrected chi connectivity index (χ0v) is 17.4. The monoisotopic (exact) mass is 398 g/mol. The Bertz CT molecular complexity index is 987. The molecule has 1 unspecified atom stereocenters. The van der Waals surface area contributed by atoms with Gasteiger partial charge in [0.05, 0.1) is 17.1 Å². The van der Waals surface area contributed by atoms with Gasteiger partial charge in [-0.05, 0) is 70.0 Å². The fourth-order valence-electron chi connectivity index (χ4n) is 3.07. The van der Waals surface area contributed by atoms with E-state index in [0.29, 0.717) is 5.82 Å². The van der Waals surface area contributed by atoms with Gasteiger partial charge in [-0.25, -0.2) is 14.2 Å². The van der Waals surface area contributed by atoms with E-state index in [0.717, 1.165) is 22.2 Å². The molecule has 2 heterocycles. The summed E-state index contributed by atoms with van der Waals surface area (Å²) < 4.78 is 19.7. The van der Waals surface area contributed by atoms with Gasteiger partial charge in [0.15, 0.2) is 0 Å². The highest BCUT2D eigenvalue weighted by Crippen LogP contribution is 2.29. The van der Waals surface area contributed by atoms with Gasteiger partial charge in [0.1, 0.15) is 17.1 Å². The van der Waals surface area contributed by atoms with E-state index in [1.807, 2.05) is 30.3 Å². The predicted octanol–water partition coefficient (Wildman–Crippen LogP) is 5.33. The number of hydrogen-bond donors (Lipinski definition) is 2. The lowest BCUT2D eigenvalue weighted by molar-refractivity contribution is 0.0480. The number of pyridine rings is 1. The van der Waals surface area contributed by atoms with E-state index in [1.54, 1.807) is 33.2 Å². The molecular weight excluding hydrogens is 371 g/mol. The minimum atomic E-state index is -1.50. The van der Waals surface area contributed by atoms with Crippen LogP contribution in [0.4, 0.5) is 9.18 Å². The van der Waals surface area contributed by atoms with Crippen molar-refractivity contribution < 1.29 is 13.9 Å². The van der Waals surface area contributed by atoms with Crippen LogP contribution >= 0.6 is 0 Å². The van der Waals surface area contributed by atoms with Crippen molar-refractivity contribution in [2.24, 2.45) is 0 Å². The number of ether oxygens (including phenoxy) is 1. The van der Waals surface area contributed by atoms with Gasteiger partial charge < -0.3 is 15.0 Å². The molecule has 0 aliphatic heterocycles. The first kappa shape index (κ1) is 20.8. The molecule has 1 atom stereocenters. The number of carbonyl (C=O) groups excluding carboxylic acids is 1. The molecule has 29 heavy (non-hydrogen) atoms. The minimum Gasteiger partial charge on any atom is -0.444 e. The maximum Gasteiger partial charge on any atom is 0.408 e. The van der Waals surface area contributed by atoms with Crippen LogP contribution in [0, 0.1) is 0 Å². The van der Waals surface area contributed by atoms with E-state index in [4.69, 9.17) is 4.74 Å². The van der Waals surface area contributed by atoms with Crippen molar-refractivity contribution in [3.05, 3.63) is 48.5 Å². The molecule has 1 aromatic carbocycles. The van der Waals surface area contributed by atoms with Crippen LogP contribution < -0.4 is 5.32 Å². The summed E-state index contributed by atoms with van der Waals surface area (Å²) in [4.78, 5) is 24.1. The summed E-state index contributed by atoms with van der Waals surface area (Å²) in [5, 5.41) is 2.75. The van der Waals surface area contributed by atoms with Crippen molar-refractivity contribution in [2.45, 2.75) is 58.4 Å². The molecule has 7 heteroatoms. The molecule has 1 amide bonds. The Morgan fingerprint density at radius 1 is 1.14 bits per heavy atom. The molecule has 2 aromatic heterocycles. The summed E-state index contributed by atoms with van der Waals surface area (Å²) in [6.45, 7) is 8.29. The van der Waals surface area contributed by atoms with Gasteiger partial charge in [-0.15, -0.1) is 0 Å². The Labute approximate surface area is 169 Å². The number of imidazole rings is 1. The molecule has 0 bridgehead atoms. The largest absolute Gasteiger partial charge is 0.444 e. The van der Waals surface area contributed by atoms with Gasteiger partial charge in [0.2, 0.25) is 0 Å². The highest BCUT2D eigenvalue weighted by molar-refractivity contribution is 5.82. The molecule has 3 rings (SSSR count). The number of H-pyrrole nitrogens is 1. The van der Waals surface area contributed by atoms with Crippen LogP contribution in [0.1, 0.15) is 52.9 Å². The van der Waals surface area contributed by atoms with Crippen LogP contribution in [-0.4, -0.2) is 32.3 Å². The fourth-order valence-corrected chi connectivity index (χ4v) is 3.07. The second-order valence-corrected chi connectivity index (χ2v) is 8.71. The molecule has 0 aliphatic carbocycles. The van der Waals surface area contributed by atoms with Crippen LogP contribution in [0.25, 0.3) is 22.2 Å². The number of fused-ring (bicyclic) bond motifs is 1. The van der Waals surface area contributed by atoms with Crippen LogP contribution in [0.5, 0.6) is 0 Å². The van der Waals surface area contributed by atoms with Crippen molar-refractivity contribution in [2.75, 3.05) is 0 Å². The number of amides is 1. The van der Waals surface area contributed by atoms with Crippen molar-refractivity contribution in [3.63, 3.8) is 0 Å². The first-order chi connectivity index (χ1) is 13.5. The molecule has 3 aromatic rings. The highest BCUT2D eigenvalue weighted by atomic mass is 19.1. The highest BCUT2D eigenvalue weighted by Gasteiger charge is 2.29. The lowest BCUT2D eigenvalue weighted by Gasteiger charge is -2.25. The number of hydrogen-bond acceptors (Lipinski definition) is 4. The summed E-state index contributed by atoms with van der Waals surface area (Å²) in [6, 6.07) is 9.05. The Balaban J connectivity index is 1.91. The second-order valence-electron chi connectivity index (χ2n) is 8.71. The van der Waals surface area contributed by atoms with Gasteiger partial charge in [-0.1, -0.05) is 6.07 Å². The molecular formula is C22H27FN4O2. The number of aromatic nitrogens is 3. The number of halogens is 1. The summed E-state index contributed by atoms with van der Waals surface area (Å²) in [5.74, 6) is 0.489. The van der Waals surface area contributed by atoms with E-state index in [1.165, 1.54) is 13.8 Å². The van der Waals surface area contributed by atoms with Crippen LogP contribution in [0.15, 0.2) is 42.7 Å². The summed E-state index contributed by atoms with van der Waals surface area (Å²) in [7, 11) is 0. The SMILES string of the molecule is CC(C)(F)CC(NC(=O)OC(C)(C)C)c1nc2ccc(-c3ccncc3)cc2[nH]1. The second kappa shape index (κ2) is 7.81. The lowest BCUT2D eigenvalue weighted by Crippen LogP contribution is -2.37. The van der Waals surface area contributed by atoms with Gasteiger partial charge in [-0.3, -0.25) is 4.98 Å². The van der Waals surface area contributed by atoms with Crippen LogP contribution in [0.3, 0.4) is 0 Å². The molecule has 154 valence electrons. The quantitative estimate of drug-likeness (QED) is 0.609. The first-order valence-electron chi connectivity index (χ1n) is 9.59. The lowest BCUT2D eigenvalue weighted by atomic mass is 10.0. The zero-order valence-electron chi connectivity index (χ0n) is 17.4. The molecule has 2 N–H and O–H groups in total. The number of carbonyl (C=O) groups is 1. The average Bonchev–Trinajstić information content (AvgIpc) is 3.02. The van der Waals surface area contributed by atoms with Crippen LogP contribution in [0.2, 0.25) is 0 Å². The number of nitrogens with zero attached hydrogens (tertiary/aromatic N) is 2.